The minimum atomic E-state index is -4.32. The maximum atomic E-state index is 14.1. The number of carbonyl (C=O) groups excluding carboxylic acids is 3. The number of anilines is 1. The highest BCUT2D eigenvalue weighted by Gasteiger charge is 2.45. The molecule has 19 N–H and O–H groups in total. The van der Waals surface area contributed by atoms with Gasteiger partial charge in [0.25, 0.3) is 26.1 Å². The SMILES string of the molecule is CSC1CC(=O)N(CCCCCCNC(=O)c2ccc3c(c2)C(C)(C)/C(=C\C=C2/CCCC(/C=C/C4=[N+](CCCCS(=O)(=O)O)c5ccccc5C4(C)C)=C2SCCCOC(COC(COC(COCC(O)CO)COCC(O)CO)COC(COCC(O)CO)COCC(O)CO)COC(COC(COCC(O)CO)COCC(O)CO)COC(COCC(O)CO)COCC(O)CO)N3CCCCS(=O)(=O)O)C1=O. The van der Waals surface area contributed by atoms with Gasteiger partial charge in [0.05, 0.1) is 220 Å². The first kappa shape index (κ1) is 129. The molecular formula is C98H163N4O40S4+. The van der Waals surface area contributed by atoms with Crippen molar-refractivity contribution in [3.8, 4) is 0 Å². The van der Waals surface area contributed by atoms with Crippen LogP contribution in [-0.4, -0.2) is 492 Å². The summed E-state index contributed by atoms with van der Waals surface area (Å²) >= 11 is 2.94. The molecule has 2 aromatic carbocycles. The van der Waals surface area contributed by atoms with Gasteiger partial charge in [0.15, 0.2) is 5.71 Å². The minimum absolute atomic E-state index is 0.0121. The number of hydrogen-bond acceptors (Lipinski definition) is 41. The summed E-state index contributed by atoms with van der Waals surface area (Å²) in [4.78, 5) is 43.8. The first-order chi connectivity index (χ1) is 69.8. The summed E-state index contributed by atoms with van der Waals surface area (Å²) < 4.78 is 162. The Morgan fingerprint density at radius 1 is 0.459 bits per heavy atom. The maximum Gasteiger partial charge on any atom is 0.264 e. The number of nitrogens with zero attached hydrogens (tertiary/aromatic N) is 3. The molecule has 146 heavy (non-hydrogen) atoms. The molecule has 0 radical (unpaired) electrons. The molecule has 44 nitrogen and oxygen atoms in total. The number of nitrogens with one attached hydrogen (secondary N) is 1. The van der Waals surface area contributed by atoms with E-state index in [0.29, 0.717) is 88.9 Å². The number of para-hydroxylation sites is 1. The number of ether oxygens (including phenoxy) is 15. The van der Waals surface area contributed by atoms with Crippen LogP contribution in [0.5, 0.6) is 0 Å². The second-order valence-electron chi connectivity index (χ2n) is 37.4. The van der Waals surface area contributed by atoms with Crippen LogP contribution in [0.3, 0.4) is 0 Å². The topological polar surface area (TPSA) is 644 Å². The molecule has 0 saturated carbocycles. The van der Waals surface area contributed by atoms with Crippen LogP contribution >= 0.6 is 23.5 Å². The van der Waals surface area contributed by atoms with Crippen LogP contribution in [0.15, 0.2) is 88.5 Å². The van der Waals surface area contributed by atoms with Crippen molar-refractivity contribution >= 4 is 78.6 Å². The third-order valence-electron chi connectivity index (χ3n) is 24.1. The van der Waals surface area contributed by atoms with Crippen molar-refractivity contribution in [3.05, 3.63) is 105 Å². The van der Waals surface area contributed by atoms with E-state index in [1.54, 1.807) is 17.8 Å². The lowest BCUT2D eigenvalue weighted by molar-refractivity contribution is -0.438. The predicted octanol–water partition coefficient (Wildman–Crippen LogP) is -0.440. The Morgan fingerprint density at radius 2 is 0.856 bits per heavy atom. The lowest BCUT2D eigenvalue weighted by Crippen LogP contribution is -2.40. The van der Waals surface area contributed by atoms with Gasteiger partial charge in [-0.15, -0.1) is 11.8 Å². The van der Waals surface area contributed by atoms with Crippen LogP contribution < -0.4 is 10.2 Å². The number of aliphatic hydroxyl groups excluding tert-OH is 16. The number of rotatable bonds is 86. The number of carbonyl (C=O) groups is 3. The van der Waals surface area contributed by atoms with Crippen LogP contribution in [-0.2, 0) is 112 Å². The standard InChI is InChI=1S/C98H162N4O40S4/c1-97(2)86-20-8-9-21-88(86)100(29-12-14-34-145(122,123)124)91(97)26-23-68-18-16-19-69(24-27-92-98(3,4)87-36-70(22-25-89(87)101(92)30-13-15-35-146(125,126)127)95(120)99-28-10-6-7-11-31-102-93(119)37-90(143-5)96(102)121)94(68)144-33-17-32-136-83(62-141-84(64-137-79(54-128-46-71(111)38-103)55-129-47-72(112)39-104)65-138-80(56-130-48-73(113)40-105)57-131-49-74(114)41-106)63-142-85(66-139-81(58-132-50-75(115)42-107)59-133-51-76(116)43-108)67-140-82(60-134-52-77(117)44-109)61-135-53-78(118)45-110/h8-9,20-27,36,71-85,90,103-118H,6-7,10-19,28-35,37-67H2,1-5H3,(H2-,99,120,122,123,124,125,126,127)/p+1. The van der Waals surface area contributed by atoms with Crippen LogP contribution in [0.25, 0.3) is 0 Å². The van der Waals surface area contributed by atoms with Gasteiger partial charge in [-0.3, -0.25) is 28.4 Å². The average molecular weight is 2170 g/mol. The monoisotopic (exact) mass is 2160 g/mol. The molecule has 3 heterocycles. The molecule has 3 aliphatic heterocycles. The Bertz CT molecular complexity index is 4210. The number of aliphatic hydroxyl groups is 16. The molecule has 1 fully saturated rings. The first-order valence-corrected chi connectivity index (χ1v) is 55.3. The normalized spacial score (nSPS) is 19.3. The Hall–Kier alpha value is -5.24. The van der Waals surface area contributed by atoms with Crippen molar-refractivity contribution in [1.82, 2.24) is 10.2 Å². The smallest absolute Gasteiger partial charge is 0.264 e. The van der Waals surface area contributed by atoms with Crippen LogP contribution in [0.4, 0.5) is 11.4 Å². The number of hydrogen-bond donors (Lipinski definition) is 19. The van der Waals surface area contributed by atoms with E-state index in [0.717, 1.165) is 62.8 Å². The molecule has 2 aromatic rings. The van der Waals surface area contributed by atoms with Gasteiger partial charge in [0.1, 0.15) is 98.1 Å². The lowest BCUT2D eigenvalue weighted by Gasteiger charge is -2.29. The van der Waals surface area contributed by atoms with E-state index < -0.39 is 187 Å². The molecule has 1 saturated heterocycles. The number of imide groups is 1. The maximum absolute atomic E-state index is 14.1. The first-order valence-electron chi connectivity index (χ1n) is 49.8. The van der Waals surface area contributed by atoms with Gasteiger partial charge in [0.2, 0.25) is 17.5 Å². The number of unbranched alkanes of at least 4 members (excludes halogenated alkanes) is 5. The van der Waals surface area contributed by atoms with E-state index >= 15 is 0 Å². The van der Waals surface area contributed by atoms with E-state index in [1.165, 1.54) is 16.7 Å². The molecule has 9 unspecified atom stereocenters. The van der Waals surface area contributed by atoms with Gasteiger partial charge >= 0.3 is 0 Å². The van der Waals surface area contributed by atoms with Crippen molar-refractivity contribution in [1.29, 1.82) is 0 Å². The number of thioether (sulfide) groups is 2. The fourth-order valence-electron chi connectivity index (χ4n) is 16.0. The van der Waals surface area contributed by atoms with E-state index in [1.807, 2.05) is 50.4 Å². The molecule has 838 valence electrons. The number of fused-ring (bicyclic) bond motifs is 2. The summed E-state index contributed by atoms with van der Waals surface area (Å²) in [6, 6.07) is 13.5. The fraction of sp³-hybridized carbons (Fsp3) is 0.755. The Morgan fingerprint density at radius 3 is 1.27 bits per heavy atom. The van der Waals surface area contributed by atoms with Crippen LogP contribution in [0, 0.1) is 0 Å². The third kappa shape index (κ3) is 48.6. The number of amides is 3. The van der Waals surface area contributed by atoms with Gasteiger partial charge in [-0.05, 0) is 119 Å². The summed E-state index contributed by atoms with van der Waals surface area (Å²) in [7, 11) is -8.58. The minimum Gasteiger partial charge on any atom is -0.394 e. The Kier molecular flexibility index (Phi) is 62.9. The lowest BCUT2D eigenvalue weighted by atomic mass is 9.81. The zero-order chi connectivity index (χ0) is 107. The quantitative estimate of drug-likeness (QED) is 0.0173. The molecule has 0 spiro atoms. The zero-order valence-electron chi connectivity index (χ0n) is 84.7. The highest BCUT2D eigenvalue weighted by molar-refractivity contribution is 8.03. The van der Waals surface area contributed by atoms with Crippen LogP contribution in [0.2, 0.25) is 0 Å². The van der Waals surface area contributed by atoms with E-state index in [2.05, 4.69) is 59.0 Å². The molecule has 0 bridgehead atoms. The molecule has 6 rings (SSSR count). The Labute approximate surface area is 865 Å². The highest BCUT2D eigenvalue weighted by Crippen LogP contribution is 2.49. The summed E-state index contributed by atoms with van der Waals surface area (Å²) in [6.07, 6.45) is -1.26. The van der Waals surface area contributed by atoms with Gasteiger partial charge < -0.3 is 163 Å². The fourth-order valence-corrected chi connectivity index (χ4v) is 19.0. The molecule has 48 heteroatoms. The summed E-state index contributed by atoms with van der Waals surface area (Å²) in [6.45, 7) is -2.42. The van der Waals surface area contributed by atoms with E-state index in [-0.39, 0.29) is 194 Å². The molecule has 4 aliphatic rings. The number of allylic oxidation sites excluding steroid dienone is 7. The molecule has 1 aliphatic carbocycles. The second-order valence-corrected chi connectivity index (χ2v) is 42.6. The third-order valence-corrected chi connectivity index (χ3v) is 27.9. The summed E-state index contributed by atoms with van der Waals surface area (Å²) in [5.41, 5.74) is 6.35. The van der Waals surface area contributed by atoms with Gasteiger partial charge in [-0.2, -0.15) is 33.2 Å². The highest BCUT2D eigenvalue weighted by atomic mass is 32.2. The largest absolute Gasteiger partial charge is 0.394 e. The molecular weight excluding hydrogens is 2000 g/mol. The van der Waals surface area contributed by atoms with Crippen molar-refractivity contribution in [2.45, 2.75) is 219 Å². The Balaban J connectivity index is 1.48. The van der Waals surface area contributed by atoms with Crippen LogP contribution in [0.1, 0.15) is 133 Å². The average Bonchev–Trinajstić information content (AvgIpc) is 1.59. The molecule has 0 aromatic heterocycles. The van der Waals surface area contributed by atoms with Gasteiger partial charge in [0, 0.05) is 89.8 Å². The van der Waals surface area contributed by atoms with E-state index in [4.69, 9.17) is 71.1 Å². The van der Waals surface area contributed by atoms with Crippen molar-refractivity contribution < 1.29 is 198 Å². The number of benzene rings is 2. The molecule has 3 amide bonds. The van der Waals surface area contributed by atoms with Crippen molar-refractivity contribution in [2.75, 3.05) is 259 Å². The van der Waals surface area contributed by atoms with E-state index in [9.17, 15) is 122 Å². The predicted molar refractivity (Wildman–Crippen MR) is 540 cm³/mol. The zero-order valence-corrected chi connectivity index (χ0v) is 87.9. The van der Waals surface area contributed by atoms with Crippen molar-refractivity contribution in [3.63, 3.8) is 0 Å². The summed E-state index contributed by atoms with van der Waals surface area (Å²) in [5, 5.41) is 162. The van der Waals surface area contributed by atoms with Gasteiger partial charge in [-0.1, -0.05) is 57.0 Å². The summed E-state index contributed by atoms with van der Waals surface area (Å²) in [5.74, 6) is -1.12. The van der Waals surface area contributed by atoms with Crippen molar-refractivity contribution in [2.24, 2.45) is 0 Å². The molecule has 9 atom stereocenters. The second kappa shape index (κ2) is 70.9. The van der Waals surface area contributed by atoms with Gasteiger partial charge in [-0.25, -0.2) is 0 Å². The number of likely N-dealkylation sites (tertiary alicyclic amines) is 1.